The summed E-state index contributed by atoms with van der Waals surface area (Å²) in [4.78, 5) is 11.9. The summed E-state index contributed by atoms with van der Waals surface area (Å²) >= 11 is 0. The molecule has 2 saturated carbocycles. The molecule has 1 amide bonds. The van der Waals surface area contributed by atoms with Crippen LogP contribution in [0.15, 0.2) is 0 Å². The Kier molecular flexibility index (Phi) is 5.14. The van der Waals surface area contributed by atoms with E-state index >= 15 is 0 Å². The lowest BCUT2D eigenvalue weighted by atomic mass is 9.84. The van der Waals surface area contributed by atoms with E-state index in [1.807, 2.05) is 0 Å². The summed E-state index contributed by atoms with van der Waals surface area (Å²) in [5.41, 5.74) is 4.91. The Bertz CT molecular complexity index is 372. The zero-order chi connectivity index (χ0) is 15.5. The number of nitrogens with two attached hydrogens (primary N) is 1. The van der Waals surface area contributed by atoms with E-state index < -0.39 is 18.1 Å². The smallest absolute Gasteiger partial charge is 0.381 e. The number of ether oxygens (including phenoxy) is 1. The SMILES string of the molecule is NC(=O)C1(NC2CC2)CCCC1CCOCCC(F)(F)F. The third kappa shape index (κ3) is 4.57. The van der Waals surface area contributed by atoms with Crippen LogP contribution < -0.4 is 11.1 Å². The van der Waals surface area contributed by atoms with Gasteiger partial charge in [0.2, 0.25) is 5.91 Å². The molecule has 2 aliphatic carbocycles. The van der Waals surface area contributed by atoms with Crippen molar-refractivity contribution in [2.24, 2.45) is 11.7 Å². The van der Waals surface area contributed by atoms with Crippen molar-refractivity contribution in [1.29, 1.82) is 0 Å². The number of hydrogen-bond donors (Lipinski definition) is 2. The molecule has 0 spiro atoms. The first kappa shape index (κ1) is 16.5. The van der Waals surface area contributed by atoms with Gasteiger partial charge < -0.3 is 15.8 Å². The third-order valence-corrected chi connectivity index (χ3v) is 4.44. The second kappa shape index (κ2) is 6.52. The number of alkyl halides is 3. The standard InChI is InChI=1S/C14H23F3N2O2/c15-14(16,17)7-9-21-8-5-10-2-1-6-13(10,12(18)20)19-11-3-4-11/h10-11,19H,1-9H2,(H2,18,20). The van der Waals surface area contributed by atoms with Crippen molar-refractivity contribution >= 4 is 5.91 Å². The molecule has 2 fully saturated rings. The number of primary amides is 1. The second-order valence-corrected chi connectivity index (χ2v) is 6.11. The van der Waals surface area contributed by atoms with Gasteiger partial charge in [-0.3, -0.25) is 4.79 Å². The number of halogens is 3. The lowest BCUT2D eigenvalue weighted by molar-refractivity contribution is -0.145. The fraction of sp³-hybridized carbons (Fsp3) is 0.929. The summed E-state index contributed by atoms with van der Waals surface area (Å²) in [6.45, 7) is -0.0853. The van der Waals surface area contributed by atoms with Crippen LogP contribution in [0.1, 0.15) is 44.9 Å². The maximum absolute atomic E-state index is 12.0. The molecule has 122 valence electrons. The number of rotatable bonds is 8. The average Bonchev–Trinajstić information content (AvgIpc) is 3.08. The summed E-state index contributed by atoms with van der Waals surface area (Å²) < 4.78 is 41.1. The van der Waals surface area contributed by atoms with Crippen LogP contribution in [0, 0.1) is 5.92 Å². The second-order valence-electron chi connectivity index (χ2n) is 6.11. The van der Waals surface area contributed by atoms with Crippen LogP contribution in [0.25, 0.3) is 0 Å². The van der Waals surface area contributed by atoms with E-state index in [1.165, 1.54) is 0 Å². The van der Waals surface area contributed by atoms with E-state index in [0.29, 0.717) is 18.9 Å². The van der Waals surface area contributed by atoms with Crippen LogP contribution in [0.2, 0.25) is 0 Å². The first-order chi connectivity index (χ1) is 9.83. The van der Waals surface area contributed by atoms with Crippen LogP contribution in [0.3, 0.4) is 0 Å². The van der Waals surface area contributed by atoms with Gasteiger partial charge in [-0.05, 0) is 38.0 Å². The van der Waals surface area contributed by atoms with E-state index in [9.17, 15) is 18.0 Å². The molecule has 0 bridgehead atoms. The minimum absolute atomic E-state index is 0.0569. The summed E-state index contributed by atoms with van der Waals surface area (Å²) in [5.74, 6) is -0.284. The van der Waals surface area contributed by atoms with Crippen LogP contribution in [0.4, 0.5) is 13.2 Å². The summed E-state index contributed by atoms with van der Waals surface area (Å²) in [6.07, 6.45) is 0.0677. The van der Waals surface area contributed by atoms with Gasteiger partial charge in [0, 0.05) is 12.6 Å². The first-order valence-electron chi connectivity index (χ1n) is 7.55. The molecule has 3 N–H and O–H groups in total. The summed E-state index contributed by atoms with van der Waals surface area (Å²) in [6, 6.07) is 0.365. The summed E-state index contributed by atoms with van der Waals surface area (Å²) in [7, 11) is 0. The van der Waals surface area contributed by atoms with Gasteiger partial charge in [0.15, 0.2) is 0 Å². The Morgan fingerprint density at radius 1 is 1.29 bits per heavy atom. The van der Waals surface area contributed by atoms with Crippen molar-refractivity contribution in [3.8, 4) is 0 Å². The zero-order valence-electron chi connectivity index (χ0n) is 12.0. The highest BCUT2D eigenvalue weighted by molar-refractivity contribution is 5.85. The van der Waals surface area contributed by atoms with Gasteiger partial charge in [-0.1, -0.05) is 6.42 Å². The lowest BCUT2D eigenvalue weighted by Crippen LogP contribution is -2.58. The number of hydrogen-bond acceptors (Lipinski definition) is 3. The van der Waals surface area contributed by atoms with Gasteiger partial charge in [0.05, 0.1) is 13.0 Å². The highest BCUT2D eigenvalue weighted by Gasteiger charge is 2.49. The lowest BCUT2D eigenvalue weighted by Gasteiger charge is -2.34. The molecule has 7 heteroatoms. The highest BCUT2D eigenvalue weighted by Crippen LogP contribution is 2.40. The molecule has 21 heavy (non-hydrogen) atoms. The van der Waals surface area contributed by atoms with Crippen LogP contribution in [0.5, 0.6) is 0 Å². The van der Waals surface area contributed by atoms with Crippen molar-refractivity contribution < 1.29 is 22.7 Å². The molecule has 0 aliphatic heterocycles. The zero-order valence-corrected chi connectivity index (χ0v) is 12.0. The van der Waals surface area contributed by atoms with Crippen molar-refractivity contribution in [1.82, 2.24) is 5.32 Å². The highest BCUT2D eigenvalue weighted by atomic mass is 19.4. The van der Waals surface area contributed by atoms with E-state index in [0.717, 1.165) is 25.7 Å². The van der Waals surface area contributed by atoms with E-state index in [2.05, 4.69) is 5.32 Å². The van der Waals surface area contributed by atoms with Crippen LogP contribution >= 0.6 is 0 Å². The monoisotopic (exact) mass is 308 g/mol. The van der Waals surface area contributed by atoms with Gasteiger partial charge in [-0.2, -0.15) is 13.2 Å². The van der Waals surface area contributed by atoms with E-state index in [4.69, 9.17) is 10.5 Å². The van der Waals surface area contributed by atoms with Gasteiger partial charge in [-0.25, -0.2) is 0 Å². The van der Waals surface area contributed by atoms with Gasteiger partial charge >= 0.3 is 6.18 Å². The molecule has 2 aliphatic rings. The van der Waals surface area contributed by atoms with Crippen molar-refractivity contribution in [2.45, 2.75) is 62.7 Å². The van der Waals surface area contributed by atoms with Gasteiger partial charge in [-0.15, -0.1) is 0 Å². The molecule has 0 aromatic rings. The largest absolute Gasteiger partial charge is 0.391 e. The van der Waals surface area contributed by atoms with E-state index in [-0.39, 0.29) is 25.0 Å². The summed E-state index contributed by atoms with van der Waals surface area (Å²) in [5, 5.41) is 3.37. The molecule has 0 heterocycles. The maximum Gasteiger partial charge on any atom is 0.391 e. The Hall–Kier alpha value is -0.820. The fourth-order valence-electron chi connectivity index (χ4n) is 3.16. The molecular weight excluding hydrogens is 285 g/mol. The number of carbonyl (C=O) groups is 1. The Morgan fingerprint density at radius 3 is 2.57 bits per heavy atom. The van der Waals surface area contributed by atoms with Gasteiger partial charge in [0.1, 0.15) is 5.54 Å². The Balaban J connectivity index is 1.79. The molecular formula is C14H23F3N2O2. The first-order valence-corrected chi connectivity index (χ1v) is 7.55. The Labute approximate surface area is 122 Å². The normalized spacial score (nSPS) is 29.8. The number of carbonyl (C=O) groups excluding carboxylic acids is 1. The molecule has 0 aromatic heterocycles. The quantitative estimate of drug-likeness (QED) is 0.675. The minimum atomic E-state index is -4.18. The van der Waals surface area contributed by atoms with Crippen LogP contribution in [-0.2, 0) is 9.53 Å². The third-order valence-electron chi connectivity index (χ3n) is 4.44. The van der Waals surface area contributed by atoms with Crippen molar-refractivity contribution in [3.05, 3.63) is 0 Å². The fourth-order valence-corrected chi connectivity index (χ4v) is 3.16. The van der Waals surface area contributed by atoms with Crippen molar-refractivity contribution in [2.75, 3.05) is 13.2 Å². The Morgan fingerprint density at radius 2 is 2.00 bits per heavy atom. The van der Waals surface area contributed by atoms with E-state index in [1.54, 1.807) is 0 Å². The number of amides is 1. The topological polar surface area (TPSA) is 64.4 Å². The molecule has 2 rings (SSSR count). The van der Waals surface area contributed by atoms with Crippen molar-refractivity contribution in [3.63, 3.8) is 0 Å². The molecule has 2 unspecified atom stereocenters. The van der Waals surface area contributed by atoms with Crippen LogP contribution in [-0.4, -0.2) is 36.9 Å². The van der Waals surface area contributed by atoms with Gasteiger partial charge in [0.25, 0.3) is 0 Å². The predicted octanol–water partition coefficient (Wildman–Crippen LogP) is 2.12. The number of nitrogens with one attached hydrogen (secondary N) is 1. The molecule has 0 aromatic carbocycles. The molecule has 2 atom stereocenters. The maximum atomic E-state index is 12.0. The molecule has 4 nitrogen and oxygen atoms in total. The average molecular weight is 308 g/mol. The predicted molar refractivity (Wildman–Crippen MR) is 71.5 cm³/mol. The molecule has 0 saturated heterocycles. The molecule has 0 radical (unpaired) electrons. The minimum Gasteiger partial charge on any atom is -0.381 e.